The summed E-state index contributed by atoms with van der Waals surface area (Å²) in [7, 11) is 2.91. The van der Waals surface area contributed by atoms with E-state index in [1.54, 1.807) is 0 Å². The van der Waals surface area contributed by atoms with Crippen molar-refractivity contribution in [2.45, 2.75) is 125 Å². The van der Waals surface area contributed by atoms with Crippen LogP contribution in [0.5, 0.6) is 0 Å². The highest BCUT2D eigenvalue weighted by Gasteiger charge is 2.41. The highest BCUT2D eigenvalue weighted by molar-refractivity contribution is 6.19. The normalized spacial score (nSPS) is 21.4. The molecule has 8 nitrogen and oxygen atoms in total. The zero-order chi connectivity index (χ0) is 37.5. The fourth-order valence-electron chi connectivity index (χ4n) is 8.24. The molecule has 8 bridgehead atoms. The van der Waals surface area contributed by atoms with Crippen molar-refractivity contribution in [2.24, 2.45) is 26.7 Å². The van der Waals surface area contributed by atoms with Crippen LogP contribution >= 0.6 is 0 Å². The second-order valence-corrected chi connectivity index (χ2v) is 16.1. The van der Waals surface area contributed by atoms with Crippen LogP contribution in [0.1, 0.15) is 147 Å². The Morgan fingerprint density at radius 1 is 0.615 bits per heavy atom. The van der Waals surface area contributed by atoms with Gasteiger partial charge in [-0.1, -0.05) is 80.1 Å². The molecule has 0 saturated heterocycles. The van der Waals surface area contributed by atoms with E-state index in [0.717, 1.165) is 84.1 Å². The first-order valence-corrected chi connectivity index (χ1v) is 19.4. The number of aliphatic imine (C=N–C) groups is 2. The van der Waals surface area contributed by atoms with E-state index in [4.69, 9.17) is 19.5 Å². The van der Waals surface area contributed by atoms with Crippen molar-refractivity contribution in [3.63, 3.8) is 0 Å². The summed E-state index contributed by atoms with van der Waals surface area (Å²) in [4.78, 5) is 44.0. The molecule has 3 aliphatic rings. The summed E-state index contributed by atoms with van der Waals surface area (Å²) in [5.74, 6) is -0.843. The summed E-state index contributed by atoms with van der Waals surface area (Å²) in [6, 6.07) is 8.71. The molecule has 0 spiro atoms. The monoisotopic (exact) mass is 708 g/mol. The van der Waals surface area contributed by atoms with Crippen LogP contribution in [-0.4, -0.2) is 47.5 Å². The maximum absolute atomic E-state index is 12.8. The number of unbranched alkanes of at least 4 members (excludes halogenated alkanes) is 6. The number of nitrogens with one attached hydrogen (secondary N) is 2. The van der Waals surface area contributed by atoms with Gasteiger partial charge >= 0.3 is 11.9 Å². The number of rotatable bonds is 16. The third kappa shape index (κ3) is 8.87. The fraction of sp³-hybridized carbons (Fsp3) is 0.545. The third-order valence-corrected chi connectivity index (χ3v) is 11.0. The zero-order valence-corrected chi connectivity index (χ0v) is 32.8. The molecule has 52 heavy (non-hydrogen) atoms. The second kappa shape index (κ2) is 17.1. The summed E-state index contributed by atoms with van der Waals surface area (Å²) in [6.07, 6.45) is 19.9. The maximum atomic E-state index is 12.8. The Labute approximate surface area is 311 Å². The molecular weight excluding hydrogens is 649 g/mol. The van der Waals surface area contributed by atoms with Crippen molar-refractivity contribution >= 4 is 34.5 Å². The van der Waals surface area contributed by atoms with Gasteiger partial charge in [-0.2, -0.15) is 0 Å². The first-order valence-electron chi connectivity index (χ1n) is 19.4. The fourth-order valence-corrected chi connectivity index (χ4v) is 8.24. The van der Waals surface area contributed by atoms with Crippen molar-refractivity contribution < 1.29 is 19.1 Å². The molecule has 0 aliphatic carbocycles. The Morgan fingerprint density at radius 2 is 1.04 bits per heavy atom. The predicted molar refractivity (Wildman–Crippen MR) is 212 cm³/mol. The number of aromatic nitrogens is 2. The van der Waals surface area contributed by atoms with Crippen LogP contribution < -0.4 is 0 Å². The van der Waals surface area contributed by atoms with Crippen LogP contribution in [0.15, 0.2) is 69.9 Å². The van der Waals surface area contributed by atoms with E-state index in [0.29, 0.717) is 0 Å². The van der Waals surface area contributed by atoms with Gasteiger partial charge in [0.05, 0.1) is 49.9 Å². The minimum Gasteiger partial charge on any atom is -0.469 e. The Hall–Kier alpha value is -4.20. The van der Waals surface area contributed by atoms with Gasteiger partial charge in [-0.3, -0.25) is 19.6 Å². The van der Waals surface area contributed by atoms with Crippen molar-refractivity contribution in [1.82, 2.24) is 9.97 Å². The number of nitrogens with zero attached hydrogens (tertiary/aromatic N) is 2. The first-order chi connectivity index (χ1) is 24.9. The van der Waals surface area contributed by atoms with E-state index < -0.39 is 10.8 Å². The summed E-state index contributed by atoms with van der Waals surface area (Å²) in [5.41, 5.74) is 9.19. The summed E-state index contributed by atoms with van der Waals surface area (Å²) in [5, 5.41) is 0. The van der Waals surface area contributed by atoms with Gasteiger partial charge in [-0.25, -0.2) is 0 Å². The van der Waals surface area contributed by atoms with Gasteiger partial charge in [-0.15, -0.1) is 0 Å². The van der Waals surface area contributed by atoms with Gasteiger partial charge in [0.15, 0.2) is 0 Å². The summed E-state index contributed by atoms with van der Waals surface area (Å²) in [6.45, 7) is 13.0. The molecule has 0 unspecified atom stereocenters. The minimum atomic E-state index is -0.518. The van der Waals surface area contributed by atoms with Gasteiger partial charge in [0.2, 0.25) is 0 Å². The molecule has 0 aromatic carbocycles. The number of ether oxygens (including phenoxy) is 2. The Bertz CT molecular complexity index is 1690. The molecule has 0 radical (unpaired) electrons. The molecule has 280 valence electrons. The zero-order valence-electron chi connectivity index (χ0n) is 32.8. The number of carbonyl (C=O) groups excluding carboxylic acids is 2. The molecule has 2 aromatic rings. The number of aromatic amines is 2. The van der Waals surface area contributed by atoms with Crippen LogP contribution in [-0.2, 0) is 19.1 Å². The van der Waals surface area contributed by atoms with Crippen LogP contribution in [0.3, 0.4) is 0 Å². The van der Waals surface area contributed by atoms with Gasteiger partial charge in [0.1, 0.15) is 0 Å². The van der Waals surface area contributed by atoms with E-state index in [1.807, 2.05) is 0 Å². The topological polar surface area (TPSA) is 109 Å². The molecule has 3 aliphatic heterocycles. The van der Waals surface area contributed by atoms with Crippen LogP contribution in [0, 0.1) is 16.7 Å². The van der Waals surface area contributed by atoms with Gasteiger partial charge in [0, 0.05) is 45.8 Å². The van der Waals surface area contributed by atoms with E-state index in [-0.39, 0.29) is 36.6 Å². The number of H-pyrrole nitrogens is 2. The van der Waals surface area contributed by atoms with E-state index in [2.05, 4.69) is 100 Å². The third-order valence-electron chi connectivity index (χ3n) is 11.0. The van der Waals surface area contributed by atoms with E-state index in [1.165, 1.54) is 51.0 Å². The molecular formula is C44H60N4O4. The number of allylic oxidation sites excluding steroid dienone is 6. The second-order valence-electron chi connectivity index (χ2n) is 16.1. The lowest BCUT2D eigenvalue weighted by Crippen LogP contribution is -2.37. The van der Waals surface area contributed by atoms with Crippen LogP contribution in [0.4, 0.5) is 0 Å². The largest absolute Gasteiger partial charge is 0.469 e. The number of fused-ring (bicyclic) bond motifs is 6. The van der Waals surface area contributed by atoms with Crippen LogP contribution in [0.2, 0.25) is 0 Å². The van der Waals surface area contributed by atoms with E-state index >= 15 is 0 Å². The number of hydrogen-bond donors (Lipinski definition) is 2. The lowest BCUT2D eigenvalue weighted by molar-refractivity contribution is -0.144. The van der Waals surface area contributed by atoms with Crippen molar-refractivity contribution in [2.75, 3.05) is 14.2 Å². The standard InChI is InChI=1S/C44H60N4O4/c1-9-11-13-15-17-29-31-19-23-35(45-31)41(43(3,4)27-39(49)51-7)37-25-21-33(47-37)30(18-16-14-12-10-2)34-22-26-38(48-34)42(36-24-20-32(29)46-36)44(5,6)28-40(50)52-8/h19-26,41-42,45,47H,9-18,27-28H2,1-8H3/b32-29-,34-30-. The lowest BCUT2D eigenvalue weighted by Gasteiger charge is -2.33. The van der Waals surface area contributed by atoms with Crippen LogP contribution in [0.25, 0.3) is 11.1 Å². The van der Waals surface area contributed by atoms with Crippen molar-refractivity contribution in [1.29, 1.82) is 0 Å². The molecule has 2 aromatic heterocycles. The molecule has 5 rings (SSSR count). The average molecular weight is 709 g/mol. The quantitative estimate of drug-likeness (QED) is 0.134. The van der Waals surface area contributed by atoms with Crippen molar-refractivity contribution in [3.05, 3.63) is 82.7 Å². The number of esters is 2. The molecule has 8 heteroatoms. The average Bonchev–Trinajstić information content (AvgIpc) is 3.93. The Morgan fingerprint density at radius 3 is 1.44 bits per heavy atom. The summed E-state index contributed by atoms with van der Waals surface area (Å²) >= 11 is 0. The number of methoxy groups -OCH3 is 2. The smallest absolute Gasteiger partial charge is 0.306 e. The van der Waals surface area contributed by atoms with Gasteiger partial charge in [-0.05, 0) is 85.1 Å². The molecule has 2 N–H and O–H groups in total. The molecule has 0 amide bonds. The van der Waals surface area contributed by atoms with Crippen molar-refractivity contribution in [3.8, 4) is 0 Å². The highest BCUT2D eigenvalue weighted by Crippen LogP contribution is 2.45. The Balaban J connectivity index is 1.74. The highest BCUT2D eigenvalue weighted by atomic mass is 16.5. The lowest BCUT2D eigenvalue weighted by atomic mass is 9.71. The van der Waals surface area contributed by atoms with E-state index in [9.17, 15) is 9.59 Å². The maximum Gasteiger partial charge on any atom is 0.306 e. The van der Waals surface area contributed by atoms with Gasteiger partial charge < -0.3 is 19.4 Å². The molecule has 0 fully saturated rings. The molecule has 0 saturated carbocycles. The molecule has 5 heterocycles. The number of hydrogen-bond acceptors (Lipinski definition) is 6. The SMILES string of the molecule is CCCCCC/C1=C2\C=CC(=N2)C(C(C)(C)CC(=O)OC)C2=N/C(=C(/CCCCCC)c3ccc([nH]3)C(C(C)(C)CC(=O)OC)c3ccc1[nH]3)C=C2. The predicted octanol–water partition coefficient (Wildman–Crippen LogP) is 10.7. The number of carbonyl (C=O) groups is 2. The Kier molecular flexibility index (Phi) is 12.8. The minimum absolute atomic E-state index is 0.139. The van der Waals surface area contributed by atoms with Gasteiger partial charge in [0.25, 0.3) is 0 Å². The molecule has 0 atom stereocenters. The summed E-state index contributed by atoms with van der Waals surface area (Å²) < 4.78 is 10.4. The first kappa shape index (κ1) is 39.0.